The van der Waals surface area contributed by atoms with E-state index in [1.54, 1.807) is 0 Å². The lowest BCUT2D eigenvalue weighted by atomic mass is 9.90. The zero-order valence-corrected chi connectivity index (χ0v) is 21.3. The second-order valence-corrected chi connectivity index (χ2v) is 15.7. The minimum atomic E-state index is -2.69. The first-order valence-corrected chi connectivity index (χ1v) is 14.0. The van der Waals surface area contributed by atoms with Gasteiger partial charge in [-0.1, -0.05) is 88.4 Å². The van der Waals surface area contributed by atoms with Crippen LogP contribution < -0.4 is 10.4 Å². The van der Waals surface area contributed by atoms with E-state index >= 15 is 0 Å². The molecule has 0 N–H and O–H groups in total. The van der Waals surface area contributed by atoms with Crippen LogP contribution in [0.3, 0.4) is 0 Å². The van der Waals surface area contributed by atoms with Crippen LogP contribution in [0.15, 0.2) is 60.7 Å². The summed E-state index contributed by atoms with van der Waals surface area (Å²) < 4.78 is 13.1. The SMILES string of the molecule is CC(=O)O[C@H]1C(=O)CC23CC[C@@H](O[Si](c4ccccc4)(c4ccccc4)C(C)(C)C)[C@@]2(C)[C@H]13. The first-order valence-electron chi connectivity index (χ1n) is 12.1. The zero-order valence-electron chi connectivity index (χ0n) is 20.3. The molecular formula is C28H34O4Si. The van der Waals surface area contributed by atoms with Gasteiger partial charge in [0, 0.05) is 24.7 Å². The van der Waals surface area contributed by atoms with Gasteiger partial charge in [0.25, 0.3) is 8.32 Å². The Bertz CT molecular complexity index is 1040. The maximum absolute atomic E-state index is 12.7. The molecule has 5 heteroatoms. The van der Waals surface area contributed by atoms with Crippen molar-refractivity contribution in [2.45, 2.75) is 71.1 Å². The van der Waals surface area contributed by atoms with Gasteiger partial charge < -0.3 is 9.16 Å². The molecule has 5 rings (SSSR count). The third kappa shape index (κ3) is 2.98. The van der Waals surface area contributed by atoms with Crippen molar-refractivity contribution in [3.8, 4) is 0 Å². The third-order valence-corrected chi connectivity index (χ3v) is 13.9. The molecule has 3 aliphatic rings. The molecule has 3 aliphatic carbocycles. The summed E-state index contributed by atoms with van der Waals surface area (Å²) in [7, 11) is -2.69. The van der Waals surface area contributed by atoms with Crippen LogP contribution in [0.1, 0.15) is 53.9 Å². The summed E-state index contributed by atoms with van der Waals surface area (Å²) in [5, 5.41) is 2.44. The van der Waals surface area contributed by atoms with Crippen molar-refractivity contribution in [1.82, 2.24) is 0 Å². The Morgan fingerprint density at radius 1 is 1.00 bits per heavy atom. The Hall–Kier alpha value is -2.24. The Labute approximate surface area is 197 Å². The monoisotopic (exact) mass is 462 g/mol. The van der Waals surface area contributed by atoms with E-state index in [1.165, 1.54) is 17.3 Å². The number of fused-ring (bicyclic) bond motifs is 1. The molecule has 0 radical (unpaired) electrons. The highest BCUT2D eigenvalue weighted by atomic mass is 28.4. The fraction of sp³-hybridized carbons (Fsp3) is 0.500. The third-order valence-electron chi connectivity index (χ3n) is 8.89. The maximum atomic E-state index is 12.7. The highest BCUT2D eigenvalue weighted by molar-refractivity contribution is 6.99. The van der Waals surface area contributed by atoms with Crippen LogP contribution in [0.25, 0.3) is 0 Å². The van der Waals surface area contributed by atoms with Crippen LogP contribution in [0, 0.1) is 16.7 Å². The Morgan fingerprint density at radius 2 is 1.55 bits per heavy atom. The molecule has 1 unspecified atom stereocenters. The lowest BCUT2D eigenvalue weighted by Crippen LogP contribution is -2.68. The number of carbonyl (C=O) groups is 2. The average Bonchev–Trinajstić information content (AvgIpc) is 2.97. The van der Waals surface area contributed by atoms with Crippen molar-refractivity contribution in [1.29, 1.82) is 0 Å². The molecular weight excluding hydrogens is 428 g/mol. The van der Waals surface area contributed by atoms with Crippen LogP contribution in [0.5, 0.6) is 0 Å². The molecule has 3 saturated carbocycles. The average molecular weight is 463 g/mol. The van der Waals surface area contributed by atoms with E-state index in [0.29, 0.717) is 6.42 Å². The second-order valence-electron chi connectivity index (χ2n) is 11.4. The lowest BCUT2D eigenvalue weighted by molar-refractivity contribution is -0.154. The highest BCUT2D eigenvalue weighted by Gasteiger charge is 2.86. The molecule has 0 aliphatic heterocycles. The summed E-state index contributed by atoms with van der Waals surface area (Å²) >= 11 is 0. The van der Waals surface area contributed by atoms with Crippen molar-refractivity contribution >= 4 is 30.4 Å². The molecule has 33 heavy (non-hydrogen) atoms. The highest BCUT2D eigenvalue weighted by Crippen LogP contribution is 2.84. The van der Waals surface area contributed by atoms with Gasteiger partial charge in [-0.2, -0.15) is 0 Å². The van der Waals surface area contributed by atoms with E-state index < -0.39 is 14.4 Å². The fourth-order valence-electron chi connectivity index (χ4n) is 7.46. The maximum Gasteiger partial charge on any atom is 0.303 e. The van der Waals surface area contributed by atoms with E-state index in [-0.39, 0.29) is 39.6 Å². The summed E-state index contributed by atoms with van der Waals surface area (Å²) in [6.45, 7) is 10.6. The quantitative estimate of drug-likeness (QED) is 0.492. The summed E-state index contributed by atoms with van der Waals surface area (Å²) in [6, 6.07) is 21.4. The minimum absolute atomic E-state index is 0.0277. The normalized spacial score (nSPS) is 32.9. The van der Waals surface area contributed by atoms with Crippen molar-refractivity contribution in [2.75, 3.05) is 0 Å². The molecule has 0 aromatic heterocycles. The predicted molar refractivity (Wildman–Crippen MR) is 131 cm³/mol. The number of esters is 1. The topological polar surface area (TPSA) is 52.6 Å². The van der Waals surface area contributed by atoms with E-state index in [9.17, 15) is 9.59 Å². The Kier molecular flexibility index (Phi) is 5.04. The molecule has 0 saturated heterocycles. The van der Waals surface area contributed by atoms with Gasteiger partial charge in [-0.25, -0.2) is 0 Å². The number of hydrogen-bond donors (Lipinski definition) is 0. The van der Waals surface area contributed by atoms with Gasteiger partial charge in [-0.15, -0.1) is 0 Å². The van der Waals surface area contributed by atoms with Crippen LogP contribution >= 0.6 is 0 Å². The number of hydrogen-bond acceptors (Lipinski definition) is 4. The molecule has 2 aromatic rings. The molecule has 3 fully saturated rings. The molecule has 2 aromatic carbocycles. The van der Waals surface area contributed by atoms with Gasteiger partial charge in [0.1, 0.15) is 0 Å². The molecule has 174 valence electrons. The fourth-order valence-corrected chi connectivity index (χ4v) is 12.3. The number of Topliss-reactive ketones (excluding diaryl/α,β-unsaturated/α-hetero) is 1. The summed E-state index contributed by atoms with van der Waals surface area (Å²) in [5.41, 5.74) is -0.228. The first kappa shape index (κ1) is 22.5. The van der Waals surface area contributed by atoms with E-state index in [0.717, 1.165) is 12.8 Å². The van der Waals surface area contributed by atoms with Gasteiger partial charge in [-0.05, 0) is 33.7 Å². The summed E-state index contributed by atoms with van der Waals surface area (Å²) in [6.07, 6.45) is 1.82. The Morgan fingerprint density at radius 3 is 2.03 bits per heavy atom. The van der Waals surface area contributed by atoms with Gasteiger partial charge in [0.15, 0.2) is 11.9 Å². The Balaban J connectivity index is 1.58. The molecule has 4 nitrogen and oxygen atoms in total. The summed E-state index contributed by atoms with van der Waals surface area (Å²) in [5.74, 6) is -0.222. The number of ether oxygens (including phenoxy) is 1. The van der Waals surface area contributed by atoms with Crippen LogP contribution in [-0.2, 0) is 18.8 Å². The standard InChI is InChI=1S/C28H34O4Si/c1-19(29)31-24-22(30)18-28-17-16-23(27(28,5)25(24)28)32-33(26(2,3)4,20-12-8-6-9-13-20)21-14-10-7-11-15-21/h6-15,23-25H,16-18H2,1-5H3/t23-,24+,25+,27+,28?/m1/s1. The van der Waals surface area contributed by atoms with E-state index in [2.05, 4.69) is 88.4 Å². The van der Waals surface area contributed by atoms with Crippen molar-refractivity contribution in [2.24, 2.45) is 16.7 Å². The van der Waals surface area contributed by atoms with Crippen LogP contribution in [-0.4, -0.2) is 32.3 Å². The van der Waals surface area contributed by atoms with Gasteiger partial charge in [0.2, 0.25) is 0 Å². The smallest absolute Gasteiger partial charge is 0.303 e. The molecule has 0 amide bonds. The van der Waals surface area contributed by atoms with Gasteiger partial charge in [-0.3, -0.25) is 9.59 Å². The molecule has 1 spiro atoms. The first-order chi connectivity index (χ1) is 15.6. The molecule has 0 bridgehead atoms. The van der Waals surface area contributed by atoms with Gasteiger partial charge in [0.05, 0.1) is 6.10 Å². The predicted octanol–water partition coefficient (Wildman–Crippen LogP) is 4.25. The largest absolute Gasteiger partial charge is 0.454 e. The lowest BCUT2D eigenvalue weighted by Gasteiger charge is -2.46. The van der Waals surface area contributed by atoms with E-state index in [1.807, 2.05) is 0 Å². The minimum Gasteiger partial charge on any atom is -0.454 e. The van der Waals surface area contributed by atoms with Crippen molar-refractivity contribution in [3.05, 3.63) is 60.7 Å². The number of benzene rings is 2. The zero-order chi connectivity index (χ0) is 23.6. The van der Waals surface area contributed by atoms with E-state index in [4.69, 9.17) is 9.16 Å². The number of ketones is 1. The number of rotatable bonds is 5. The second kappa shape index (κ2) is 7.38. The molecule has 5 atom stereocenters. The van der Waals surface area contributed by atoms with Crippen molar-refractivity contribution < 1.29 is 18.8 Å². The summed E-state index contributed by atoms with van der Waals surface area (Å²) in [4.78, 5) is 24.5. The van der Waals surface area contributed by atoms with Gasteiger partial charge >= 0.3 is 5.97 Å². The van der Waals surface area contributed by atoms with Crippen LogP contribution in [0.2, 0.25) is 5.04 Å². The molecule has 0 heterocycles. The van der Waals surface area contributed by atoms with Crippen LogP contribution in [0.4, 0.5) is 0 Å². The van der Waals surface area contributed by atoms with Crippen molar-refractivity contribution in [3.63, 3.8) is 0 Å². The number of carbonyl (C=O) groups excluding carboxylic acids is 2.